The van der Waals surface area contributed by atoms with Gasteiger partial charge in [-0.25, -0.2) is 0 Å². The van der Waals surface area contributed by atoms with E-state index in [1.54, 1.807) is 11.8 Å². The lowest BCUT2D eigenvalue weighted by atomic mass is 10.1. The summed E-state index contributed by atoms with van der Waals surface area (Å²) in [6.45, 7) is 11.6. The van der Waals surface area contributed by atoms with Crippen LogP contribution in [0.25, 0.3) is 0 Å². The second kappa shape index (κ2) is 6.71. The Morgan fingerprint density at radius 1 is 1.20 bits per heavy atom. The number of carbonyl (C=O) groups excluding carboxylic acids is 1. The number of benzene rings is 1. The van der Waals surface area contributed by atoms with Crippen molar-refractivity contribution in [1.82, 2.24) is 0 Å². The molecule has 1 aromatic carbocycles. The van der Waals surface area contributed by atoms with Crippen LogP contribution in [0.2, 0.25) is 0 Å². The molecule has 0 aliphatic carbocycles. The Hall–Kier alpha value is -1.61. The summed E-state index contributed by atoms with van der Waals surface area (Å²) >= 11 is 0. The van der Waals surface area contributed by atoms with Gasteiger partial charge in [0.2, 0.25) is 0 Å². The molecule has 0 amide bonds. The zero-order chi connectivity index (χ0) is 14.5. The third kappa shape index (κ3) is 3.70. The van der Waals surface area contributed by atoms with E-state index in [4.69, 9.17) is 0 Å². The van der Waals surface area contributed by atoms with Gasteiger partial charge in [0.15, 0.2) is 5.78 Å². The summed E-state index contributed by atoms with van der Waals surface area (Å²) < 4.78 is 0. The SMILES string of the molecule is C/C=C(/C)C[NH+]1CCN(c2ccc(C(C)=O)cc2)CC1. The summed E-state index contributed by atoms with van der Waals surface area (Å²) in [6.07, 6.45) is 2.21. The molecule has 3 nitrogen and oxygen atoms in total. The van der Waals surface area contributed by atoms with Crippen molar-refractivity contribution in [2.24, 2.45) is 0 Å². The van der Waals surface area contributed by atoms with E-state index < -0.39 is 0 Å². The smallest absolute Gasteiger partial charge is 0.159 e. The molecule has 0 saturated carbocycles. The number of hydrogen-bond acceptors (Lipinski definition) is 2. The van der Waals surface area contributed by atoms with Gasteiger partial charge in [-0.05, 0) is 50.6 Å². The fraction of sp³-hybridized carbons (Fsp3) is 0.471. The normalized spacial score (nSPS) is 17.4. The maximum atomic E-state index is 11.3. The summed E-state index contributed by atoms with van der Waals surface area (Å²) in [5, 5.41) is 0. The van der Waals surface area contributed by atoms with E-state index in [1.807, 2.05) is 12.1 Å². The van der Waals surface area contributed by atoms with Gasteiger partial charge in [-0.1, -0.05) is 6.08 Å². The molecule has 1 saturated heterocycles. The number of Topliss-reactive ketones (excluding diaryl/α,β-unsaturated/α-hetero) is 1. The van der Waals surface area contributed by atoms with Crippen LogP contribution in [0.4, 0.5) is 5.69 Å². The molecule has 0 radical (unpaired) electrons. The molecule has 1 aromatic rings. The Morgan fingerprint density at radius 2 is 1.80 bits per heavy atom. The fourth-order valence-electron chi connectivity index (χ4n) is 2.66. The molecule has 1 heterocycles. The Bertz CT molecular complexity index is 482. The van der Waals surface area contributed by atoms with Crippen molar-refractivity contribution in [2.75, 3.05) is 37.6 Å². The molecule has 1 N–H and O–H groups in total. The first kappa shape index (κ1) is 14.8. The number of quaternary nitrogens is 1. The Morgan fingerprint density at radius 3 is 2.30 bits per heavy atom. The van der Waals surface area contributed by atoms with E-state index in [1.165, 1.54) is 24.4 Å². The molecule has 1 aliphatic rings. The molecular weight excluding hydrogens is 248 g/mol. The van der Waals surface area contributed by atoms with Crippen molar-refractivity contribution < 1.29 is 9.69 Å². The lowest BCUT2D eigenvalue weighted by Crippen LogP contribution is -3.15. The fourth-order valence-corrected chi connectivity index (χ4v) is 2.66. The number of nitrogens with one attached hydrogen (secondary N) is 1. The lowest BCUT2D eigenvalue weighted by molar-refractivity contribution is -0.895. The number of allylic oxidation sites excluding steroid dienone is 1. The summed E-state index contributed by atoms with van der Waals surface area (Å²) in [7, 11) is 0. The zero-order valence-corrected chi connectivity index (χ0v) is 12.8. The highest BCUT2D eigenvalue weighted by Crippen LogP contribution is 2.15. The third-order valence-electron chi connectivity index (χ3n) is 4.13. The highest BCUT2D eigenvalue weighted by Gasteiger charge is 2.20. The molecule has 1 fully saturated rings. The monoisotopic (exact) mass is 273 g/mol. The highest BCUT2D eigenvalue weighted by molar-refractivity contribution is 5.94. The summed E-state index contributed by atoms with van der Waals surface area (Å²) in [5.74, 6) is 0.132. The van der Waals surface area contributed by atoms with Crippen molar-refractivity contribution in [3.8, 4) is 0 Å². The molecule has 0 aromatic heterocycles. The van der Waals surface area contributed by atoms with Crippen LogP contribution in [0.15, 0.2) is 35.9 Å². The van der Waals surface area contributed by atoms with Crippen LogP contribution in [-0.4, -0.2) is 38.5 Å². The van der Waals surface area contributed by atoms with Gasteiger partial charge in [0, 0.05) is 11.3 Å². The van der Waals surface area contributed by atoms with Crippen molar-refractivity contribution in [3.63, 3.8) is 0 Å². The van der Waals surface area contributed by atoms with E-state index in [0.29, 0.717) is 0 Å². The molecule has 0 spiro atoms. The quantitative estimate of drug-likeness (QED) is 0.665. The number of nitrogens with zero attached hydrogens (tertiary/aromatic N) is 1. The van der Waals surface area contributed by atoms with Gasteiger partial charge in [-0.3, -0.25) is 4.79 Å². The number of carbonyl (C=O) groups is 1. The van der Waals surface area contributed by atoms with Gasteiger partial charge in [-0.2, -0.15) is 0 Å². The van der Waals surface area contributed by atoms with Gasteiger partial charge in [0.05, 0.1) is 32.7 Å². The molecule has 3 heteroatoms. The van der Waals surface area contributed by atoms with Crippen LogP contribution < -0.4 is 9.80 Å². The molecule has 20 heavy (non-hydrogen) atoms. The van der Waals surface area contributed by atoms with Crippen LogP contribution in [-0.2, 0) is 0 Å². The standard InChI is InChI=1S/C17H24N2O/c1-4-14(2)13-18-9-11-19(12-10-18)17-7-5-16(6-8-17)15(3)20/h4-8H,9-13H2,1-3H3/p+1/b14-4-. The first-order valence-corrected chi connectivity index (χ1v) is 7.41. The van der Waals surface area contributed by atoms with Gasteiger partial charge in [-0.15, -0.1) is 0 Å². The molecule has 2 rings (SSSR count). The van der Waals surface area contributed by atoms with E-state index in [-0.39, 0.29) is 5.78 Å². The van der Waals surface area contributed by atoms with Gasteiger partial charge in [0.25, 0.3) is 0 Å². The van der Waals surface area contributed by atoms with Crippen molar-refractivity contribution in [3.05, 3.63) is 41.5 Å². The predicted octanol–water partition coefficient (Wildman–Crippen LogP) is 1.56. The van der Waals surface area contributed by atoms with Gasteiger partial charge in [0.1, 0.15) is 0 Å². The third-order valence-corrected chi connectivity index (χ3v) is 4.13. The van der Waals surface area contributed by atoms with Crippen LogP contribution in [0.1, 0.15) is 31.1 Å². The topological polar surface area (TPSA) is 24.8 Å². The van der Waals surface area contributed by atoms with Gasteiger partial charge >= 0.3 is 0 Å². The van der Waals surface area contributed by atoms with Crippen molar-refractivity contribution >= 4 is 11.5 Å². The molecule has 0 unspecified atom stereocenters. The van der Waals surface area contributed by atoms with Crippen LogP contribution in [0.5, 0.6) is 0 Å². The number of hydrogen-bond donors (Lipinski definition) is 1. The van der Waals surface area contributed by atoms with Crippen LogP contribution in [0.3, 0.4) is 0 Å². The van der Waals surface area contributed by atoms with Crippen molar-refractivity contribution in [1.29, 1.82) is 0 Å². The molecule has 1 aliphatic heterocycles. The Labute approximate surface area is 121 Å². The van der Waals surface area contributed by atoms with Gasteiger partial charge < -0.3 is 9.80 Å². The average molecular weight is 273 g/mol. The van der Waals surface area contributed by atoms with E-state index in [0.717, 1.165) is 25.2 Å². The zero-order valence-electron chi connectivity index (χ0n) is 12.8. The molecular formula is C17H25N2O+. The largest absolute Gasteiger partial charge is 0.360 e. The number of rotatable bonds is 4. The van der Waals surface area contributed by atoms with E-state index in [2.05, 4.69) is 37.0 Å². The first-order chi connectivity index (χ1) is 9.60. The van der Waals surface area contributed by atoms with Crippen molar-refractivity contribution in [2.45, 2.75) is 20.8 Å². The maximum Gasteiger partial charge on any atom is 0.159 e. The van der Waals surface area contributed by atoms with Crippen LogP contribution >= 0.6 is 0 Å². The minimum absolute atomic E-state index is 0.132. The highest BCUT2D eigenvalue weighted by atomic mass is 16.1. The molecule has 0 bridgehead atoms. The average Bonchev–Trinajstić information content (AvgIpc) is 2.48. The van der Waals surface area contributed by atoms with E-state index in [9.17, 15) is 4.79 Å². The summed E-state index contributed by atoms with van der Waals surface area (Å²) in [6, 6.07) is 8.00. The molecule has 108 valence electrons. The number of anilines is 1. The number of ketones is 1. The van der Waals surface area contributed by atoms with E-state index >= 15 is 0 Å². The summed E-state index contributed by atoms with van der Waals surface area (Å²) in [5.41, 5.74) is 3.50. The summed E-state index contributed by atoms with van der Waals surface area (Å²) in [4.78, 5) is 15.4. The lowest BCUT2D eigenvalue weighted by Gasteiger charge is -2.33. The van der Waals surface area contributed by atoms with Crippen LogP contribution in [0, 0.1) is 0 Å². The predicted molar refractivity (Wildman–Crippen MR) is 83.7 cm³/mol. The Balaban J connectivity index is 1.92. The second-order valence-electron chi connectivity index (χ2n) is 5.65. The number of piperazine rings is 1. The molecule has 0 atom stereocenters. The Kier molecular flexibility index (Phi) is 4.96. The second-order valence-corrected chi connectivity index (χ2v) is 5.65. The first-order valence-electron chi connectivity index (χ1n) is 7.41. The maximum absolute atomic E-state index is 11.3. The minimum Gasteiger partial charge on any atom is -0.360 e. The minimum atomic E-state index is 0.132.